The summed E-state index contributed by atoms with van der Waals surface area (Å²) >= 11 is 0. The van der Waals surface area contributed by atoms with E-state index in [1.807, 2.05) is 0 Å². The van der Waals surface area contributed by atoms with Gasteiger partial charge in [0.15, 0.2) is 0 Å². The first-order valence-electron chi connectivity index (χ1n) is 6.75. The van der Waals surface area contributed by atoms with Crippen LogP contribution in [0.4, 0.5) is 0 Å². The van der Waals surface area contributed by atoms with Crippen molar-refractivity contribution in [2.24, 2.45) is 11.7 Å². The van der Waals surface area contributed by atoms with Crippen molar-refractivity contribution >= 4 is 0 Å². The lowest BCUT2D eigenvalue weighted by Crippen LogP contribution is -2.33. The lowest BCUT2D eigenvalue weighted by Gasteiger charge is -2.31. The summed E-state index contributed by atoms with van der Waals surface area (Å²) in [6, 6.07) is 10.1. The molecule has 0 saturated heterocycles. The van der Waals surface area contributed by atoms with Crippen LogP contribution in [0.25, 0.3) is 0 Å². The highest BCUT2D eigenvalue weighted by atomic mass is 15.2. The second-order valence-corrected chi connectivity index (χ2v) is 5.73. The van der Waals surface area contributed by atoms with Crippen LogP contribution < -0.4 is 5.73 Å². The van der Waals surface area contributed by atoms with Gasteiger partial charge in [-0.2, -0.15) is 0 Å². The molecule has 3 rings (SSSR count). The van der Waals surface area contributed by atoms with Gasteiger partial charge in [0.05, 0.1) is 0 Å². The first-order chi connectivity index (χ1) is 8.18. The van der Waals surface area contributed by atoms with Gasteiger partial charge in [-0.1, -0.05) is 24.3 Å². The van der Waals surface area contributed by atoms with Crippen LogP contribution >= 0.6 is 0 Å². The van der Waals surface area contributed by atoms with Gasteiger partial charge in [-0.15, -0.1) is 0 Å². The van der Waals surface area contributed by atoms with Gasteiger partial charge in [0.25, 0.3) is 0 Å². The number of hydrogen-bond acceptors (Lipinski definition) is 2. The molecular weight excluding hydrogens is 208 g/mol. The van der Waals surface area contributed by atoms with E-state index in [0.29, 0.717) is 12.1 Å². The summed E-state index contributed by atoms with van der Waals surface area (Å²) in [6.07, 6.45) is 3.89. The molecule has 1 aromatic rings. The highest BCUT2D eigenvalue weighted by Gasteiger charge is 2.37. The predicted molar refractivity (Wildman–Crippen MR) is 70.7 cm³/mol. The fourth-order valence-corrected chi connectivity index (χ4v) is 3.23. The molecule has 2 nitrogen and oxygen atoms in total. The lowest BCUT2D eigenvalue weighted by atomic mass is 10.0. The maximum absolute atomic E-state index is 6.24. The van der Waals surface area contributed by atoms with E-state index in [1.54, 1.807) is 0 Å². The molecule has 0 heterocycles. The normalized spacial score (nSPS) is 29.4. The van der Waals surface area contributed by atoms with Gasteiger partial charge in [-0.25, -0.2) is 0 Å². The first kappa shape index (κ1) is 11.2. The second-order valence-electron chi connectivity index (χ2n) is 5.73. The highest BCUT2D eigenvalue weighted by Crippen LogP contribution is 2.44. The van der Waals surface area contributed by atoms with Gasteiger partial charge >= 0.3 is 0 Å². The lowest BCUT2D eigenvalue weighted by molar-refractivity contribution is 0.163. The first-order valence-corrected chi connectivity index (χ1v) is 6.75. The third-order valence-corrected chi connectivity index (χ3v) is 4.67. The molecule has 0 aromatic heterocycles. The molecule has 17 heavy (non-hydrogen) atoms. The summed E-state index contributed by atoms with van der Waals surface area (Å²) in [5, 5.41) is 0. The number of fused-ring (bicyclic) bond motifs is 1. The maximum Gasteiger partial charge on any atom is 0.0369 e. The molecule has 2 heteroatoms. The smallest absolute Gasteiger partial charge is 0.0369 e. The van der Waals surface area contributed by atoms with Crippen molar-refractivity contribution < 1.29 is 0 Å². The fourth-order valence-electron chi connectivity index (χ4n) is 3.23. The summed E-state index contributed by atoms with van der Waals surface area (Å²) in [7, 11) is 2.27. The Bertz CT molecular complexity index is 411. The van der Waals surface area contributed by atoms with Crippen LogP contribution in [-0.2, 0) is 0 Å². The number of nitrogens with two attached hydrogens (primary N) is 1. The monoisotopic (exact) mass is 230 g/mol. The highest BCUT2D eigenvalue weighted by molar-refractivity contribution is 5.37. The Morgan fingerprint density at radius 1 is 1.24 bits per heavy atom. The van der Waals surface area contributed by atoms with Crippen molar-refractivity contribution in [3.05, 3.63) is 35.4 Å². The largest absolute Gasteiger partial charge is 0.324 e. The average Bonchev–Trinajstić information content (AvgIpc) is 3.14. The zero-order chi connectivity index (χ0) is 12.0. The molecule has 3 atom stereocenters. The van der Waals surface area contributed by atoms with Gasteiger partial charge in [-0.3, -0.25) is 4.90 Å². The Balaban J connectivity index is 1.85. The van der Waals surface area contributed by atoms with Crippen molar-refractivity contribution in [2.75, 3.05) is 7.05 Å². The van der Waals surface area contributed by atoms with Crippen LogP contribution in [0.1, 0.15) is 49.4 Å². The molecule has 1 saturated carbocycles. The molecule has 0 bridgehead atoms. The SMILES string of the molecule is CC(C1CC1)N(C)C1CC(N)c2ccccc21. The van der Waals surface area contributed by atoms with E-state index in [9.17, 15) is 0 Å². The van der Waals surface area contributed by atoms with Crippen LogP contribution in [-0.4, -0.2) is 18.0 Å². The summed E-state index contributed by atoms with van der Waals surface area (Å²) in [5.41, 5.74) is 9.05. The fraction of sp³-hybridized carbons (Fsp3) is 0.600. The third-order valence-electron chi connectivity index (χ3n) is 4.67. The molecule has 0 amide bonds. The molecule has 2 aliphatic carbocycles. The van der Waals surface area contributed by atoms with Crippen LogP contribution in [0.3, 0.4) is 0 Å². The summed E-state index contributed by atoms with van der Waals surface area (Å²) in [6.45, 7) is 2.37. The van der Waals surface area contributed by atoms with Crippen LogP contribution in [0.15, 0.2) is 24.3 Å². The minimum atomic E-state index is 0.227. The Morgan fingerprint density at radius 2 is 1.88 bits per heavy atom. The van der Waals surface area contributed by atoms with E-state index in [4.69, 9.17) is 5.73 Å². The summed E-state index contributed by atoms with van der Waals surface area (Å²) < 4.78 is 0. The van der Waals surface area contributed by atoms with E-state index >= 15 is 0 Å². The van der Waals surface area contributed by atoms with Crippen LogP contribution in [0.2, 0.25) is 0 Å². The van der Waals surface area contributed by atoms with E-state index in [-0.39, 0.29) is 6.04 Å². The number of hydrogen-bond donors (Lipinski definition) is 1. The Hall–Kier alpha value is -0.860. The Kier molecular flexibility index (Phi) is 2.72. The molecule has 1 fully saturated rings. The molecule has 0 spiro atoms. The zero-order valence-electron chi connectivity index (χ0n) is 10.8. The zero-order valence-corrected chi connectivity index (χ0v) is 10.8. The second kappa shape index (κ2) is 4.11. The van der Waals surface area contributed by atoms with Gasteiger partial charge in [0, 0.05) is 18.1 Å². The quantitative estimate of drug-likeness (QED) is 0.865. The number of benzene rings is 1. The van der Waals surface area contributed by atoms with Crippen molar-refractivity contribution in [1.82, 2.24) is 4.90 Å². The van der Waals surface area contributed by atoms with E-state index in [2.05, 4.69) is 43.1 Å². The predicted octanol–water partition coefficient (Wildman–Crippen LogP) is 2.86. The summed E-state index contributed by atoms with van der Waals surface area (Å²) in [4.78, 5) is 2.54. The molecule has 0 aliphatic heterocycles. The van der Waals surface area contributed by atoms with Crippen molar-refractivity contribution in [2.45, 2.75) is 44.3 Å². The molecular formula is C15H22N2. The molecule has 0 radical (unpaired) electrons. The average molecular weight is 230 g/mol. The number of nitrogens with zero attached hydrogens (tertiary/aromatic N) is 1. The molecule has 92 valence electrons. The van der Waals surface area contributed by atoms with Crippen molar-refractivity contribution in [1.29, 1.82) is 0 Å². The van der Waals surface area contributed by atoms with E-state index in [1.165, 1.54) is 24.0 Å². The Labute approximate surface area is 104 Å². The van der Waals surface area contributed by atoms with Gasteiger partial charge in [0.2, 0.25) is 0 Å². The maximum atomic E-state index is 6.24. The number of rotatable bonds is 3. The minimum Gasteiger partial charge on any atom is -0.324 e. The topological polar surface area (TPSA) is 29.3 Å². The molecule has 3 unspecified atom stereocenters. The molecule has 1 aromatic carbocycles. The van der Waals surface area contributed by atoms with E-state index in [0.717, 1.165) is 12.3 Å². The van der Waals surface area contributed by atoms with Crippen LogP contribution in [0.5, 0.6) is 0 Å². The third kappa shape index (κ3) is 1.90. The molecule has 2 aliphatic rings. The van der Waals surface area contributed by atoms with Gasteiger partial charge in [-0.05, 0) is 50.3 Å². The molecule has 2 N–H and O–H groups in total. The van der Waals surface area contributed by atoms with Gasteiger partial charge < -0.3 is 5.73 Å². The van der Waals surface area contributed by atoms with Crippen molar-refractivity contribution in [3.8, 4) is 0 Å². The Morgan fingerprint density at radius 3 is 2.53 bits per heavy atom. The standard InChI is InChI=1S/C15H22N2/c1-10(11-7-8-11)17(2)15-9-14(16)12-5-3-4-6-13(12)15/h3-6,10-11,14-15H,7-9,16H2,1-2H3. The summed E-state index contributed by atoms with van der Waals surface area (Å²) in [5.74, 6) is 0.920. The van der Waals surface area contributed by atoms with E-state index < -0.39 is 0 Å². The van der Waals surface area contributed by atoms with Crippen LogP contribution in [0, 0.1) is 5.92 Å². The van der Waals surface area contributed by atoms with Gasteiger partial charge in [0.1, 0.15) is 0 Å². The van der Waals surface area contributed by atoms with Crippen molar-refractivity contribution in [3.63, 3.8) is 0 Å². The minimum absolute atomic E-state index is 0.227.